The van der Waals surface area contributed by atoms with E-state index in [-0.39, 0.29) is 16.7 Å². The summed E-state index contributed by atoms with van der Waals surface area (Å²) in [5.41, 5.74) is 0.842. The number of benzene rings is 1. The molecule has 1 aromatic carbocycles. The van der Waals surface area contributed by atoms with Gasteiger partial charge in [0.1, 0.15) is 22.0 Å². The van der Waals surface area contributed by atoms with Crippen LogP contribution in [0.3, 0.4) is 0 Å². The van der Waals surface area contributed by atoms with Crippen LogP contribution in [0.4, 0.5) is 0 Å². The van der Waals surface area contributed by atoms with E-state index in [0.717, 1.165) is 11.7 Å². The number of sulfonamides is 1. The van der Waals surface area contributed by atoms with E-state index in [9.17, 15) is 13.2 Å². The number of morpholine rings is 1. The second-order valence-corrected chi connectivity index (χ2v) is 8.38. The van der Waals surface area contributed by atoms with E-state index < -0.39 is 16.1 Å². The van der Waals surface area contributed by atoms with Gasteiger partial charge in [0.25, 0.3) is 0 Å². The van der Waals surface area contributed by atoms with Crippen LogP contribution in [0.5, 0.6) is 0 Å². The van der Waals surface area contributed by atoms with Crippen LogP contribution in [0, 0.1) is 5.92 Å². The van der Waals surface area contributed by atoms with Crippen LogP contribution in [0.1, 0.15) is 13.8 Å². The van der Waals surface area contributed by atoms with Crippen molar-refractivity contribution < 1.29 is 17.9 Å². The lowest BCUT2D eigenvalue weighted by Crippen LogP contribution is -2.53. The standard InChI is InChI=1S/C15H20N4O4S2/c1-10(2)13(15(20)19-6-8-23-9-7-19)18-25(21,22)12-5-3-4-11-14(12)17-24-16-11/h3-5,10,13,18H,6-9H2,1-2H3/t13-/m1/s1. The zero-order valence-corrected chi connectivity index (χ0v) is 15.6. The summed E-state index contributed by atoms with van der Waals surface area (Å²) in [6.07, 6.45) is 0. The summed E-state index contributed by atoms with van der Waals surface area (Å²) in [5.74, 6) is -0.427. The number of rotatable bonds is 5. The first kappa shape index (κ1) is 18.2. The zero-order chi connectivity index (χ0) is 18.0. The second kappa shape index (κ2) is 7.32. The van der Waals surface area contributed by atoms with E-state index in [2.05, 4.69) is 13.5 Å². The minimum atomic E-state index is -3.91. The van der Waals surface area contributed by atoms with Gasteiger partial charge in [0.2, 0.25) is 15.9 Å². The lowest BCUT2D eigenvalue weighted by molar-refractivity contribution is -0.138. The van der Waals surface area contributed by atoms with Crippen molar-refractivity contribution in [1.82, 2.24) is 18.4 Å². The molecule has 0 saturated carbocycles. The van der Waals surface area contributed by atoms with Crippen LogP contribution in [0.2, 0.25) is 0 Å². The van der Waals surface area contributed by atoms with Gasteiger partial charge in [-0.2, -0.15) is 13.5 Å². The van der Waals surface area contributed by atoms with Gasteiger partial charge < -0.3 is 9.64 Å². The molecule has 3 rings (SSSR count). The molecule has 1 fully saturated rings. The number of nitrogens with zero attached hydrogens (tertiary/aromatic N) is 3. The SMILES string of the molecule is CC(C)[C@@H](NS(=O)(=O)c1cccc2nsnc12)C(=O)N1CCOCC1. The summed E-state index contributed by atoms with van der Waals surface area (Å²) in [4.78, 5) is 14.5. The molecule has 1 N–H and O–H groups in total. The van der Waals surface area contributed by atoms with Gasteiger partial charge >= 0.3 is 0 Å². The predicted molar refractivity (Wildman–Crippen MR) is 93.8 cm³/mol. The summed E-state index contributed by atoms with van der Waals surface area (Å²) in [6.45, 7) is 5.50. The van der Waals surface area contributed by atoms with Gasteiger partial charge in [-0.05, 0) is 18.1 Å². The van der Waals surface area contributed by atoms with Crippen molar-refractivity contribution in [3.8, 4) is 0 Å². The minimum Gasteiger partial charge on any atom is -0.378 e. The predicted octanol–water partition coefficient (Wildman–Crippen LogP) is 0.853. The number of aromatic nitrogens is 2. The number of carbonyl (C=O) groups is 1. The van der Waals surface area contributed by atoms with Gasteiger partial charge in [-0.25, -0.2) is 8.42 Å². The summed E-state index contributed by atoms with van der Waals surface area (Å²) in [5, 5.41) is 0. The Morgan fingerprint density at radius 3 is 2.68 bits per heavy atom. The molecule has 136 valence electrons. The number of ether oxygens (including phenoxy) is 1. The van der Waals surface area contributed by atoms with Crippen molar-refractivity contribution in [3.05, 3.63) is 18.2 Å². The molecule has 1 amide bonds. The van der Waals surface area contributed by atoms with Gasteiger partial charge in [-0.1, -0.05) is 19.9 Å². The van der Waals surface area contributed by atoms with E-state index in [1.807, 2.05) is 13.8 Å². The Bertz CT molecular complexity index is 859. The fourth-order valence-corrected chi connectivity index (χ4v) is 4.79. The van der Waals surface area contributed by atoms with Crippen molar-refractivity contribution in [3.63, 3.8) is 0 Å². The largest absolute Gasteiger partial charge is 0.378 e. The third-order valence-electron chi connectivity index (χ3n) is 4.08. The molecule has 0 radical (unpaired) electrons. The molecule has 0 unspecified atom stereocenters. The summed E-state index contributed by atoms with van der Waals surface area (Å²) in [7, 11) is -3.91. The third-order valence-corrected chi connectivity index (χ3v) is 6.09. The molecule has 0 spiro atoms. The first-order valence-corrected chi connectivity index (χ1v) is 10.2. The van der Waals surface area contributed by atoms with Crippen LogP contribution >= 0.6 is 11.7 Å². The molecule has 1 aliphatic rings. The lowest BCUT2D eigenvalue weighted by Gasteiger charge is -2.32. The number of amides is 1. The van der Waals surface area contributed by atoms with Crippen LogP contribution < -0.4 is 4.72 Å². The molecule has 1 saturated heterocycles. The smallest absolute Gasteiger partial charge is 0.243 e. The molecule has 1 aliphatic heterocycles. The van der Waals surface area contributed by atoms with Crippen molar-refractivity contribution in [2.45, 2.75) is 24.8 Å². The maximum atomic E-state index is 12.9. The number of hydrogen-bond donors (Lipinski definition) is 1. The molecule has 10 heteroatoms. The van der Waals surface area contributed by atoms with Crippen molar-refractivity contribution in [2.75, 3.05) is 26.3 Å². The van der Waals surface area contributed by atoms with Gasteiger partial charge in [0, 0.05) is 13.1 Å². The molecular formula is C15H20N4O4S2. The highest BCUT2D eigenvalue weighted by Gasteiger charge is 2.33. The monoisotopic (exact) mass is 384 g/mol. The Balaban J connectivity index is 1.88. The second-order valence-electron chi connectivity index (χ2n) is 6.17. The minimum absolute atomic E-state index is 0.0409. The Hall–Kier alpha value is -1.62. The fraction of sp³-hybridized carbons (Fsp3) is 0.533. The molecule has 8 nitrogen and oxygen atoms in total. The number of hydrogen-bond acceptors (Lipinski definition) is 7. The highest BCUT2D eigenvalue weighted by molar-refractivity contribution is 7.89. The van der Waals surface area contributed by atoms with Crippen molar-refractivity contribution in [2.24, 2.45) is 5.92 Å². The van der Waals surface area contributed by atoms with Gasteiger partial charge in [0.15, 0.2) is 0 Å². The first-order valence-electron chi connectivity index (χ1n) is 8.00. The Labute approximate surface area is 150 Å². The lowest BCUT2D eigenvalue weighted by atomic mass is 10.0. The van der Waals surface area contributed by atoms with Gasteiger partial charge in [0.05, 0.1) is 24.9 Å². The highest BCUT2D eigenvalue weighted by atomic mass is 32.2. The average molecular weight is 384 g/mol. The van der Waals surface area contributed by atoms with Gasteiger partial charge in [-0.3, -0.25) is 4.79 Å². The average Bonchev–Trinajstić information content (AvgIpc) is 3.08. The van der Waals surface area contributed by atoms with E-state index in [1.54, 1.807) is 17.0 Å². The van der Waals surface area contributed by atoms with E-state index in [0.29, 0.717) is 37.3 Å². The Morgan fingerprint density at radius 1 is 1.28 bits per heavy atom. The zero-order valence-electron chi connectivity index (χ0n) is 14.0. The third kappa shape index (κ3) is 3.81. The molecule has 0 bridgehead atoms. The van der Waals surface area contributed by atoms with Crippen LogP contribution in [-0.4, -0.2) is 60.3 Å². The fourth-order valence-electron chi connectivity index (χ4n) is 2.68. The van der Waals surface area contributed by atoms with Crippen molar-refractivity contribution in [1.29, 1.82) is 0 Å². The van der Waals surface area contributed by atoms with Crippen LogP contribution in [-0.2, 0) is 19.6 Å². The molecule has 2 aromatic rings. The number of carbonyl (C=O) groups excluding carboxylic acids is 1. The quantitative estimate of drug-likeness (QED) is 0.820. The Kier molecular flexibility index (Phi) is 5.32. The first-order chi connectivity index (χ1) is 11.9. The van der Waals surface area contributed by atoms with Crippen LogP contribution in [0.25, 0.3) is 11.0 Å². The highest BCUT2D eigenvalue weighted by Crippen LogP contribution is 2.22. The van der Waals surface area contributed by atoms with E-state index >= 15 is 0 Å². The van der Waals surface area contributed by atoms with Gasteiger partial charge in [-0.15, -0.1) is 0 Å². The maximum Gasteiger partial charge on any atom is 0.243 e. The Morgan fingerprint density at radius 2 is 2.00 bits per heavy atom. The number of nitrogens with one attached hydrogen (secondary N) is 1. The van der Waals surface area contributed by atoms with E-state index in [4.69, 9.17) is 4.74 Å². The molecule has 25 heavy (non-hydrogen) atoms. The molecule has 1 aromatic heterocycles. The van der Waals surface area contributed by atoms with Crippen molar-refractivity contribution >= 4 is 38.7 Å². The summed E-state index contributed by atoms with van der Waals surface area (Å²) in [6, 6.07) is 3.95. The number of fused-ring (bicyclic) bond motifs is 1. The topological polar surface area (TPSA) is 101 Å². The molecule has 1 atom stereocenters. The molecule has 2 heterocycles. The molecular weight excluding hydrogens is 364 g/mol. The van der Waals surface area contributed by atoms with E-state index in [1.165, 1.54) is 6.07 Å². The normalized spacial score (nSPS) is 17.2. The maximum absolute atomic E-state index is 12.9. The summed E-state index contributed by atoms with van der Waals surface area (Å²) >= 11 is 0.956. The summed E-state index contributed by atoms with van der Waals surface area (Å²) < 4.78 is 41.7. The van der Waals surface area contributed by atoms with Crippen LogP contribution in [0.15, 0.2) is 23.1 Å². The molecule has 0 aliphatic carbocycles.